The maximum Gasteiger partial charge on any atom is 0.225 e. The van der Waals surface area contributed by atoms with Crippen molar-refractivity contribution in [2.75, 3.05) is 24.6 Å². The monoisotopic (exact) mass is 496 g/mol. The van der Waals surface area contributed by atoms with Crippen molar-refractivity contribution in [1.29, 1.82) is 0 Å². The molecule has 5 nitrogen and oxygen atoms in total. The summed E-state index contributed by atoms with van der Waals surface area (Å²) in [6.45, 7) is 7.57. The van der Waals surface area contributed by atoms with Gasteiger partial charge in [0.25, 0.3) is 0 Å². The Labute approximate surface area is 210 Å². The molecule has 0 atom stereocenters. The Morgan fingerprint density at radius 2 is 1.64 bits per heavy atom. The molecule has 0 spiro atoms. The van der Waals surface area contributed by atoms with Crippen LogP contribution >= 0.6 is 0 Å². The number of anilines is 1. The molecule has 1 saturated heterocycles. The van der Waals surface area contributed by atoms with Gasteiger partial charge in [0, 0.05) is 43.3 Å². The van der Waals surface area contributed by atoms with Crippen molar-refractivity contribution in [2.45, 2.75) is 46.1 Å². The van der Waals surface area contributed by atoms with E-state index in [1.807, 2.05) is 26.2 Å². The van der Waals surface area contributed by atoms with Crippen molar-refractivity contribution in [1.82, 2.24) is 9.97 Å². The van der Waals surface area contributed by atoms with Gasteiger partial charge in [-0.3, -0.25) is 4.99 Å². The number of hydrogen-bond acceptors (Lipinski definition) is 5. The molecule has 4 rings (SSSR count). The number of nitrogens with zero attached hydrogens (tertiary/aromatic N) is 4. The summed E-state index contributed by atoms with van der Waals surface area (Å²) in [4.78, 5) is 15.1. The van der Waals surface area contributed by atoms with Gasteiger partial charge in [-0.15, -0.1) is 0 Å². The van der Waals surface area contributed by atoms with Gasteiger partial charge in [-0.05, 0) is 80.0 Å². The van der Waals surface area contributed by atoms with Crippen LogP contribution in [0.2, 0.25) is 0 Å². The third-order valence-corrected chi connectivity index (χ3v) is 6.30. The molecule has 3 aromatic rings. The predicted molar refractivity (Wildman–Crippen MR) is 136 cm³/mol. The topological polar surface area (TPSA) is 50.6 Å². The van der Waals surface area contributed by atoms with E-state index < -0.39 is 23.2 Å². The van der Waals surface area contributed by atoms with Crippen LogP contribution in [0, 0.1) is 23.4 Å². The van der Waals surface area contributed by atoms with E-state index in [2.05, 4.69) is 26.8 Å². The lowest BCUT2D eigenvalue weighted by molar-refractivity contribution is 0.207. The molecule has 2 aromatic carbocycles. The molecule has 2 heterocycles. The van der Waals surface area contributed by atoms with Crippen LogP contribution < -0.4 is 9.64 Å². The Bertz CT molecular complexity index is 1180. The molecule has 0 unspecified atom stereocenters. The van der Waals surface area contributed by atoms with Gasteiger partial charge in [-0.25, -0.2) is 23.1 Å². The molecule has 0 bridgehead atoms. The Kier molecular flexibility index (Phi) is 8.23. The lowest BCUT2D eigenvalue weighted by atomic mass is 9.98. The molecule has 1 aromatic heterocycles. The van der Waals surface area contributed by atoms with Gasteiger partial charge in [-0.1, -0.05) is 13.0 Å². The second-order valence-electron chi connectivity index (χ2n) is 9.36. The van der Waals surface area contributed by atoms with E-state index in [1.165, 1.54) is 24.4 Å². The number of ether oxygens (including phenoxy) is 1. The smallest absolute Gasteiger partial charge is 0.225 e. The summed E-state index contributed by atoms with van der Waals surface area (Å²) in [6, 6.07) is 6.81. The zero-order valence-electron chi connectivity index (χ0n) is 20.8. The minimum Gasteiger partial charge on any atom is -0.487 e. The van der Waals surface area contributed by atoms with Crippen molar-refractivity contribution >= 4 is 12.2 Å². The van der Waals surface area contributed by atoms with E-state index in [-0.39, 0.29) is 24.1 Å². The average molecular weight is 497 g/mol. The van der Waals surface area contributed by atoms with Crippen LogP contribution in [0.3, 0.4) is 0 Å². The maximum absolute atomic E-state index is 14.8. The number of aliphatic imine (C=N–C) groups is 1. The molecule has 8 heteroatoms. The molecular weight excluding hydrogens is 465 g/mol. The number of hydrogen-bond donors (Lipinski definition) is 0. The second kappa shape index (κ2) is 11.5. The van der Waals surface area contributed by atoms with Crippen molar-refractivity contribution in [3.8, 4) is 16.9 Å². The fourth-order valence-corrected chi connectivity index (χ4v) is 4.10. The van der Waals surface area contributed by atoms with Gasteiger partial charge in [0.1, 0.15) is 5.82 Å². The maximum atomic E-state index is 14.8. The third-order valence-electron chi connectivity index (χ3n) is 6.30. The Morgan fingerprint density at radius 1 is 1.00 bits per heavy atom. The van der Waals surface area contributed by atoms with Crippen LogP contribution in [0.5, 0.6) is 5.75 Å². The van der Waals surface area contributed by atoms with E-state index in [0.29, 0.717) is 17.1 Å². The van der Waals surface area contributed by atoms with Gasteiger partial charge in [-0.2, -0.15) is 0 Å². The summed E-state index contributed by atoms with van der Waals surface area (Å²) in [6.07, 6.45) is 7.66. The molecule has 0 radical (unpaired) electrons. The number of aryl methyl sites for hydroxylation is 1. The van der Waals surface area contributed by atoms with Crippen LogP contribution in [0.15, 0.2) is 47.7 Å². The first-order valence-corrected chi connectivity index (χ1v) is 12.3. The van der Waals surface area contributed by atoms with E-state index >= 15 is 0 Å². The van der Waals surface area contributed by atoms with Gasteiger partial charge in [0.2, 0.25) is 5.95 Å². The average Bonchev–Trinajstić information content (AvgIpc) is 2.87. The first-order chi connectivity index (χ1) is 17.3. The number of benzene rings is 2. The van der Waals surface area contributed by atoms with E-state index in [1.54, 1.807) is 12.1 Å². The molecule has 1 aliphatic rings. The van der Waals surface area contributed by atoms with E-state index in [9.17, 15) is 13.2 Å². The van der Waals surface area contributed by atoms with E-state index in [0.717, 1.165) is 37.9 Å². The largest absolute Gasteiger partial charge is 0.487 e. The number of piperidine rings is 1. The fraction of sp³-hybridized carbons (Fsp3) is 0.393. The summed E-state index contributed by atoms with van der Waals surface area (Å²) in [5.74, 6) is -1.65. The third kappa shape index (κ3) is 6.22. The molecule has 0 aliphatic carbocycles. The van der Waals surface area contributed by atoms with Crippen molar-refractivity contribution < 1.29 is 17.9 Å². The minimum absolute atomic E-state index is 0.0410. The molecule has 0 N–H and O–H groups in total. The molecule has 1 fully saturated rings. The van der Waals surface area contributed by atoms with Crippen LogP contribution in [0.4, 0.5) is 19.1 Å². The highest BCUT2D eigenvalue weighted by Crippen LogP contribution is 2.31. The number of rotatable bonds is 8. The highest BCUT2D eigenvalue weighted by Gasteiger charge is 2.23. The summed E-state index contributed by atoms with van der Waals surface area (Å²) in [7, 11) is 0. The standard InChI is InChI=1S/C28H31F3N4O/c1-4-19-14-33-28(34-15-19)35-9-7-20(8-10-35)17-36-27-25(30)12-23(13-26(27)31)21-5-6-22(24(29)11-21)16-32-18(2)3/h5-6,11-16,18,20H,4,7-10,17H2,1-3H3. The van der Waals surface area contributed by atoms with Gasteiger partial charge < -0.3 is 9.64 Å². The normalized spacial score (nSPS) is 14.7. The summed E-state index contributed by atoms with van der Waals surface area (Å²) in [5.41, 5.74) is 2.03. The lowest BCUT2D eigenvalue weighted by Gasteiger charge is -2.31. The quantitative estimate of drug-likeness (QED) is 0.346. The van der Waals surface area contributed by atoms with Gasteiger partial charge >= 0.3 is 0 Å². The Balaban J connectivity index is 1.36. The first kappa shape index (κ1) is 25.7. The predicted octanol–water partition coefficient (Wildman–Crippen LogP) is 6.25. The highest BCUT2D eigenvalue weighted by molar-refractivity contribution is 5.81. The van der Waals surface area contributed by atoms with Gasteiger partial charge in [0.15, 0.2) is 17.4 Å². The molecule has 0 saturated carbocycles. The van der Waals surface area contributed by atoms with E-state index in [4.69, 9.17) is 4.74 Å². The summed E-state index contributed by atoms with van der Waals surface area (Å²) < 4.78 is 49.6. The van der Waals surface area contributed by atoms with Crippen LogP contribution in [0.25, 0.3) is 11.1 Å². The van der Waals surface area contributed by atoms with Crippen LogP contribution in [-0.4, -0.2) is 41.9 Å². The Morgan fingerprint density at radius 3 is 2.22 bits per heavy atom. The summed E-state index contributed by atoms with van der Waals surface area (Å²) in [5, 5.41) is 0. The summed E-state index contributed by atoms with van der Waals surface area (Å²) >= 11 is 0. The number of aromatic nitrogens is 2. The second-order valence-corrected chi connectivity index (χ2v) is 9.36. The lowest BCUT2D eigenvalue weighted by Crippen LogP contribution is -2.36. The SMILES string of the molecule is CCc1cnc(N2CCC(COc3c(F)cc(-c4ccc(C=NC(C)C)c(F)c4)cc3F)CC2)nc1. The molecule has 190 valence electrons. The van der Waals surface area contributed by atoms with Gasteiger partial charge in [0.05, 0.1) is 6.61 Å². The minimum atomic E-state index is -0.808. The zero-order chi connectivity index (χ0) is 25.7. The highest BCUT2D eigenvalue weighted by atomic mass is 19.1. The molecule has 0 amide bonds. The van der Waals surface area contributed by atoms with Crippen LogP contribution in [-0.2, 0) is 6.42 Å². The van der Waals surface area contributed by atoms with Crippen molar-refractivity contribution in [3.63, 3.8) is 0 Å². The number of halogens is 3. The van der Waals surface area contributed by atoms with Crippen LogP contribution in [0.1, 0.15) is 44.7 Å². The molecular formula is C28H31F3N4O. The molecule has 36 heavy (non-hydrogen) atoms. The molecule has 1 aliphatic heterocycles. The van der Waals surface area contributed by atoms with Crippen molar-refractivity contribution in [3.05, 3.63) is 71.3 Å². The Hall–Kier alpha value is -3.42. The fourth-order valence-electron chi connectivity index (χ4n) is 4.10. The first-order valence-electron chi connectivity index (χ1n) is 12.3. The zero-order valence-corrected chi connectivity index (χ0v) is 20.8. The van der Waals surface area contributed by atoms with Crippen molar-refractivity contribution in [2.24, 2.45) is 10.9 Å².